The third kappa shape index (κ3) is 6.81. The second-order valence-corrected chi connectivity index (χ2v) is 12.3. The Morgan fingerprint density at radius 1 is 1.00 bits per heavy atom. The largest absolute Gasteiger partial charge is 0.481 e. The van der Waals surface area contributed by atoms with Gasteiger partial charge in [0.2, 0.25) is 0 Å². The molecule has 1 saturated heterocycles. The van der Waals surface area contributed by atoms with Crippen molar-refractivity contribution in [2.24, 2.45) is 11.3 Å². The normalized spacial score (nSPS) is 20.2. The number of ether oxygens (including phenoxy) is 1. The molecule has 5 rings (SSSR count). The Labute approximate surface area is 241 Å². The summed E-state index contributed by atoms with van der Waals surface area (Å²) in [6.07, 6.45) is 8.40. The standard InChI is InChI=1S/C33H45N3O2.ClH/c1-5-6-16-34-17-19-35(20-18-34)29-22-31-30(21-28(29)26-12-14-27(15-13-26)33(2,3)4)36(32(37)24-38-31)23-25-10-8-7-9-11-25;/h7-12,21-22,27H,5-6,13-20,23-24H2,1-4H3;1H. The molecule has 1 atom stereocenters. The third-order valence-corrected chi connectivity index (χ3v) is 8.73. The predicted molar refractivity (Wildman–Crippen MR) is 165 cm³/mol. The van der Waals surface area contributed by atoms with Crippen molar-refractivity contribution in [3.63, 3.8) is 0 Å². The Morgan fingerprint density at radius 3 is 2.38 bits per heavy atom. The SMILES string of the molecule is CCCCN1CCN(c2cc3c(cc2C2=CCC(C(C)(C)C)CC2)N(Cc2ccccc2)C(=O)CO3)CC1.Cl. The van der Waals surface area contributed by atoms with Crippen molar-refractivity contribution in [2.75, 3.05) is 49.1 Å². The number of hydrogen-bond donors (Lipinski definition) is 0. The average Bonchev–Trinajstić information content (AvgIpc) is 2.93. The first kappa shape index (κ1) is 29.5. The lowest BCUT2D eigenvalue weighted by molar-refractivity contribution is -0.121. The molecule has 2 heterocycles. The molecule has 0 N–H and O–H groups in total. The molecule has 6 heteroatoms. The molecule has 0 saturated carbocycles. The first-order valence-corrected chi connectivity index (χ1v) is 14.7. The number of amides is 1. The number of benzene rings is 2. The van der Waals surface area contributed by atoms with Crippen molar-refractivity contribution < 1.29 is 9.53 Å². The molecule has 2 aromatic carbocycles. The van der Waals surface area contributed by atoms with Crippen LogP contribution in [0.1, 0.15) is 70.9 Å². The van der Waals surface area contributed by atoms with Gasteiger partial charge in [-0.2, -0.15) is 0 Å². The molecule has 0 aromatic heterocycles. The van der Waals surface area contributed by atoms with Crippen LogP contribution in [-0.2, 0) is 11.3 Å². The molecular formula is C33H46ClN3O2. The van der Waals surface area contributed by atoms with Crippen molar-refractivity contribution in [3.8, 4) is 5.75 Å². The summed E-state index contributed by atoms with van der Waals surface area (Å²) >= 11 is 0. The van der Waals surface area contributed by atoms with Gasteiger partial charge in [-0.25, -0.2) is 0 Å². The summed E-state index contributed by atoms with van der Waals surface area (Å²) < 4.78 is 6.07. The molecule has 3 aliphatic rings. The number of fused-ring (bicyclic) bond motifs is 1. The van der Waals surface area contributed by atoms with Crippen molar-refractivity contribution in [2.45, 2.75) is 66.3 Å². The van der Waals surface area contributed by atoms with Gasteiger partial charge in [-0.15, -0.1) is 12.4 Å². The van der Waals surface area contributed by atoms with Crippen LogP contribution in [-0.4, -0.2) is 50.1 Å². The van der Waals surface area contributed by atoms with Crippen LogP contribution in [0.5, 0.6) is 5.75 Å². The Bertz CT molecular complexity index is 1150. The van der Waals surface area contributed by atoms with Gasteiger partial charge in [0.1, 0.15) is 5.75 Å². The monoisotopic (exact) mass is 551 g/mol. The van der Waals surface area contributed by atoms with Crippen LogP contribution in [0.2, 0.25) is 0 Å². The first-order valence-electron chi connectivity index (χ1n) is 14.7. The maximum absolute atomic E-state index is 13.1. The highest BCUT2D eigenvalue weighted by molar-refractivity contribution is 5.99. The number of allylic oxidation sites excluding steroid dienone is 2. The second kappa shape index (κ2) is 12.8. The van der Waals surface area contributed by atoms with Crippen molar-refractivity contribution in [1.29, 1.82) is 0 Å². The predicted octanol–water partition coefficient (Wildman–Crippen LogP) is 7.19. The smallest absolute Gasteiger partial charge is 0.265 e. The zero-order valence-electron chi connectivity index (χ0n) is 24.2. The number of hydrogen-bond acceptors (Lipinski definition) is 4. The molecule has 2 aromatic rings. The molecule has 0 spiro atoms. The molecule has 212 valence electrons. The number of carbonyl (C=O) groups excluding carboxylic acids is 1. The minimum atomic E-state index is 0. The van der Waals surface area contributed by atoms with Gasteiger partial charge in [-0.1, -0.05) is 70.5 Å². The lowest BCUT2D eigenvalue weighted by Crippen LogP contribution is -2.47. The zero-order valence-corrected chi connectivity index (χ0v) is 25.1. The van der Waals surface area contributed by atoms with Crippen molar-refractivity contribution in [3.05, 3.63) is 59.7 Å². The summed E-state index contributed by atoms with van der Waals surface area (Å²) in [6.45, 7) is 15.5. The van der Waals surface area contributed by atoms with E-state index in [1.807, 2.05) is 23.1 Å². The maximum Gasteiger partial charge on any atom is 0.265 e. The van der Waals surface area contributed by atoms with E-state index in [1.54, 1.807) is 0 Å². The number of piperazine rings is 1. The first-order chi connectivity index (χ1) is 18.3. The van der Waals surface area contributed by atoms with E-state index in [0.717, 1.165) is 56.0 Å². The number of unbranched alkanes of at least 4 members (excludes halogenated alkanes) is 1. The van der Waals surface area contributed by atoms with Crippen LogP contribution in [0.3, 0.4) is 0 Å². The molecular weight excluding hydrogens is 506 g/mol. The van der Waals surface area contributed by atoms with E-state index in [2.05, 4.69) is 67.8 Å². The highest BCUT2D eigenvalue weighted by atomic mass is 35.5. The average molecular weight is 552 g/mol. The number of nitrogens with zero attached hydrogens (tertiary/aromatic N) is 3. The lowest BCUT2D eigenvalue weighted by atomic mass is 9.72. The van der Waals surface area contributed by atoms with Gasteiger partial charge < -0.3 is 14.5 Å². The van der Waals surface area contributed by atoms with Gasteiger partial charge in [0.05, 0.1) is 12.2 Å². The summed E-state index contributed by atoms with van der Waals surface area (Å²) in [7, 11) is 0. The number of rotatable bonds is 7. The van der Waals surface area contributed by atoms with Crippen LogP contribution in [0.15, 0.2) is 48.5 Å². The van der Waals surface area contributed by atoms with E-state index < -0.39 is 0 Å². The fraction of sp³-hybridized carbons (Fsp3) is 0.545. The Kier molecular flexibility index (Phi) is 9.66. The molecule has 1 aliphatic carbocycles. The van der Waals surface area contributed by atoms with Crippen LogP contribution in [0.25, 0.3) is 5.57 Å². The Hall–Kier alpha value is -2.50. The molecule has 5 nitrogen and oxygen atoms in total. The summed E-state index contributed by atoms with van der Waals surface area (Å²) in [5.41, 5.74) is 6.34. The number of halogens is 1. The molecule has 39 heavy (non-hydrogen) atoms. The second-order valence-electron chi connectivity index (χ2n) is 12.3. The number of anilines is 2. The molecule has 1 fully saturated rings. The van der Waals surface area contributed by atoms with E-state index >= 15 is 0 Å². The molecule has 2 aliphatic heterocycles. The van der Waals surface area contributed by atoms with E-state index in [4.69, 9.17) is 4.74 Å². The quantitative estimate of drug-likeness (QED) is 0.365. The topological polar surface area (TPSA) is 36.0 Å². The summed E-state index contributed by atoms with van der Waals surface area (Å²) in [6, 6.07) is 14.8. The van der Waals surface area contributed by atoms with Gasteiger partial charge in [0.15, 0.2) is 6.61 Å². The van der Waals surface area contributed by atoms with Crippen LogP contribution < -0.4 is 14.5 Å². The highest BCUT2D eigenvalue weighted by Gasteiger charge is 2.32. The van der Waals surface area contributed by atoms with Gasteiger partial charge >= 0.3 is 0 Å². The minimum absolute atomic E-state index is 0. The summed E-state index contributed by atoms with van der Waals surface area (Å²) in [4.78, 5) is 20.2. The Balaban J connectivity index is 0.00000353. The van der Waals surface area contributed by atoms with Gasteiger partial charge in [-0.05, 0) is 60.8 Å². The highest BCUT2D eigenvalue weighted by Crippen LogP contribution is 2.46. The fourth-order valence-electron chi connectivity index (χ4n) is 6.15. The molecule has 1 unspecified atom stereocenters. The van der Waals surface area contributed by atoms with Crippen LogP contribution in [0.4, 0.5) is 11.4 Å². The fourth-order valence-corrected chi connectivity index (χ4v) is 6.15. The van der Waals surface area contributed by atoms with E-state index in [-0.39, 0.29) is 24.9 Å². The molecule has 0 radical (unpaired) electrons. The van der Waals surface area contributed by atoms with E-state index in [0.29, 0.717) is 17.9 Å². The molecule has 1 amide bonds. The van der Waals surface area contributed by atoms with E-state index in [9.17, 15) is 4.79 Å². The van der Waals surface area contributed by atoms with Gasteiger partial charge in [-0.3, -0.25) is 9.69 Å². The number of carbonyl (C=O) groups is 1. The van der Waals surface area contributed by atoms with Crippen LogP contribution >= 0.6 is 12.4 Å². The van der Waals surface area contributed by atoms with Gasteiger partial charge in [0, 0.05) is 43.5 Å². The van der Waals surface area contributed by atoms with E-state index in [1.165, 1.54) is 42.6 Å². The Morgan fingerprint density at radius 2 is 1.74 bits per heavy atom. The van der Waals surface area contributed by atoms with Crippen LogP contribution in [0, 0.1) is 11.3 Å². The maximum atomic E-state index is 13.1. The third-order valence-electron chi connectivity index (χ3n) is 8.73. The lowest BCUT2D eigenvalue weighted by Gasteiger charge is -2.39. The minimum Gasteiger partial charge on any atom is -0.481 e. The van der Waals surface area contributed by atoms with Crippen molar-refractivity contribution in [1.82, 2.24) is 4.90 Å². The van der Waals surface area contributed by atoms with Crippen molar-refractivity contribution >= 4 is 35.3 Å². The summed E-state index contributed by atoms with van der Waals surface area (Å²) in [5.74, 6) is 1.56. The summed E-state index contributed by atoms with van der Waals surface area (Å²) in [5, 5.41) is 0. The zero-order chi connectivity index (χ0) is 26.7. The molecule has 0 bridgehead atoms. The van der Waals surface area contributed by atoms with Gasteiger partial charge in [0.25, 0.3) is 5.91 Å².